The molecular weight excluding hydrogens is 216 g/mol. The molecule has 3 N–H and O–H groups in total. The molecule has 94 valence electrons. The summed E-state index contributed by atoms with van der Waals surface area (Å²) >= 11 is 0. The van der Waals surface area contributed by atoms with Crippen LogP contribution in [0.3, 0.4) is 0 Å². The van der Waals surface area contributed by atoms with Crippen molar-refractivity contribution in [3.8, 4) is 0 Å². The molecule has 0 spiro atoms. The van der Waals surface area contributed by atoms with Gasteiger partial charge in [0.25, 0.3) is 0 Å². The molecule has 1 aromatic rings. The lowest BCUT2D eigenvalue weighted by Gasteiger charge is -2.16. The van der Waals surface area contributed by atoms with Crippen molar-refractivity contribution in [2.45, 2.75) is 18.7 Å². The molecule has 4 nitrogen and oxygen atoms in total. The minimum atomic E-state index is -0.342. The van der Waals surface area contributed by atoms with Crippen molar-refractivity contribution in [2.75, 3.05) is 26.2 Å². The van der Waals surface area contributed by atoms with Gasteiger partial charge in [0.05, 0.1) is 12.7 Å². The fraction of sp³-hybridized carbons (Fsp3) is 0.538. The van der Waals surface area contributed by atoms with E-state index in [1.54, 1.807) is 0 Å². The van der Waals surface area contributed by atoms with Gasteiger partial charge in [-0.15, -0.1) is 0 Å². The molecule has 17 heavy (non-hydrogen) atoms. The maximum Gasteiger partial charge on any atom is 0.0832 e. The van der Waals surface area contributed by atoms with Gasteiger partial charge in [0.2, 0.25) is 0 Å². The zero-order chi connectivity index (χ0) is 12.1. The van der Waals surface area contributed by atoms with E-state index in [1.165, 1.54) is 5.56 Å². The van der Waals surface area contributed by atoms with Crippen LogP contribution in [0.25, 0.3) is 0 Å². The van der Waals surface area contributed by atoms with Gasteiger partial charge in [0, 0.05) is 32.2 Å². The fourth-order valence-corrected chi connectivity index (χ4v) is 2.29. The van der Waals surface area contributed by atoms with Crippen LogP contribution in [-0.4, -0.2) is 53.5 Å². The molecule has 0 aliphatic carbocycles. The number of hydrogen-bond acceptors (Lipinski definition) is 4. The number of benzene rings is 1. The molecule has 2 atom stereocenters. The van der Waals surface area contributed by atoms with Gasteiger partial charge in [-0.05, 0) is 5.56 Å². The van der Waals surface area contributed by atoms with Gasteiger partial charge in [-0.2, -0.15) is 0 Å². The highest BCUT2D eigenvalue weighted by Crippen LogP contribution is 2.13. The summed E-state index contributed by atoms with van der Waals surface area (Å²) in [4.78, 5) is 2.23. The van der Waals surface area contributed by atoms with Crippen LogP contribution in [0.5, 0.6) is 0 Å². The number of rotatable bonds is 5. The van der Waals surface area contributed by atoms with E-state index >= 15 is 0 Å². The van der Waals surface area contributed by atoms with Gasteiger partial charge < -0.3 is 15.5 Å². The summed E-state index contributed by atoms with van der Waals surface area (Å²) in [6, 6.07) is 10.3. The quantitative estimate of drug-likeness (QED) is 0.663. The van der Waals surface area contributed by atoms with Crippen LogP contribution in [0.4, 0.5) is 0 Å². The number of β-amino-alcohol motifs (C(OH)–C–C–N with tert-alkyl or cyclic N) is 1. The second-order valence-corrected chi connectivity index (χ2v) is 4.53. The Morgan fingerprint density at radius 2 is 2.00 bits per heavy atom. The van der Waals surface area contributed by atoms with Gasteiger partial charge in [0.1, 0.15) is 0 Å². The van der Waals surface area contributed by atoms with Crippen molar-refractivity contribution in [1.29, 1.82) is 0 Å². The molecule has 0 aromatic heterocycles. The lowest BCUT2D eigenvalue weighted by atomic mass is 10.2. The van der Waals surface area contributed by atoms with E-state index in [0.717, 1.165) is 13.1 Å². The molecule has 0 bridgehead atoms. The van der Waals surface area contributed by atoms with E-state index in [9.17, 15) is 5.11 Å². The van der Waals surface area contributed by atoms with E-state index in [4.69, 9.17) is 5.11 Å². The van der Waals surface area contributed by atoms with E-state index in [-0.39, 0.29) is 18.8 Å². The molecule has 1 aromatic carbocycles. The second kappa shape index (κ2) is 6.12. The Kier molecular flexibility index (Phi) is 4.50. The van der Waals surface area contributed by atoms with Crippen molar-refractivity contribution in [2.24, 2.45) is 0 Å². The number of aliphatic hydroxyl groups is 2. The average Bonchev–Trinajstić information content (AvgIpc) is 2.68. The summed E-state index contributed by atoms with van der Waals surface area (Å²) in [6.07, 6.45) is -0.342. The molecule has 0 radical (unpaired) electrons. The van der Waals surface area contributed by atoms with E-state index in [1.807, 2.05) is 18.2 Å². The van der Waals surface area contributed by atoms with Gasteiger partial charge in [-0.25, -0.2) is 0 Å². The van der Waals surface area contributed by atoms with Gasteiger partial charge in [-0.3, -0.25) is 4.90 Å². The lowest BCUT2D eigenvalue weighted by molar-refractivity contribution is 0.150. The summed E-state index contributed by atoms with van der Waals surface area (Å²) in [5.74, 6) is 0. The fourth-order valence-electron chi connectivity index (χ4n) is 2.29. The van der Waals surface area contributed by atoms with E-state index in [0.29, 0.717) is 13.1 Å². The van der Waals surface area contributed by atoms with Crippen molar-refractivity contribution in [3.05, 3.63) is 35.9 Å². The molecule has 0 amide bonds. The number of aliphatic hydroxyl groups excluding tert-OH is 2. The van der Waals surface area contributed by atoms with E-state index < -0.39 is 0 Å². The van der Waals surface area contributed by atoms with Crippen molar-refractivity contribution in [1.82, 2.24) is 10.2 Å². The van der Waals surface area contributed by atoms with Crippen molar-refractivity contribution in [3.63, 3.8) is 0 Å². The predicted octanol–water partition coefficient (Wildman–Crippen LogP) is -0.186. The minimum Gasteiger partial charge on any atom is -0.395 e. The van der Waals surface area contributed by atoms with Gasteiger partial charge in [0.15, 0.2) is 0 Å². The molecule has 2 rings (SSSR count). The smallest absolute Gasteiger partial charge is 0.0832 e. The van der Waals surface area contributed by atoms with Gasteiger partial charge >= 0.3 is 0 Å². The first kappa shape index (κ1) is 12.5. The zero-order valence-corrected chi connectivity index (χ0v) is 9.92. The largest absolute Gasteiger partial charge is 0.395 e. The van der Waals surface area contributed by atoms with Gasteiger partial charge in [-0.1, -0.05) is 30.3 Å². The molecule has 1 fully saturated rings. The SMILES string of the molecule is OCCN[C@H]1CN(Cc2ccccc2)C[C@@H]1O. The van der Waals surface area contributed by atoms with Crippen LogP contribution < -0.4 is 5.32 Å². The summed E-state index contributed by atoms with van der Waals surface area (Å²) < 4.78 is 0. The second-order valence-electron chi connectivity index (χ2n) is 4.53. The van der Waals surface area contributed by atoms with Crippen LogP contribution >= 0.6 is 0 Å². The molecular formula is C13H20N2O2. The number of hydrogen-bond donors (Lipinski definition) is 3. The molecule has 0 saturated carbocycles. The Labute approximate surface area is 102 Å². The molecule has 1 heterocycles. The Morgan fingerprint density at radius 3 is 2.71 bits per heavy atom. The maximum absolute atomic E-state index is 9.88. The first-order chi connectivity index (χ1) is 8.29. The summed E-state index contributed by atoms with van der Waals surface area (Å²) in [7, 11) is 0. The third-order valence-corrected chi connectivity index (χ3v) is 3.13. The third-order valence-electron chi connectivity index (χ3n) is 3.13. The highest BCUT2D eigenvalue weighted by Gasteiger charge is 2.30. The molecule has 1 saturated heterocycles. The van der Waals surface area contributed by atoms with Crippen LogP contribution in [0.2, 0.25) is 0 Å². The van der Waals surface area contributed by atoms with Crippen LogP contribution in [0.15, 0.2) is 30.3 Å². The molecule has 1 aliphatic heterocycles. The predicted molar refractivity (Wildman–Crippen MR) is 66.6 cm³/mol. The summed E-state index contributed by atoms with van der Waals surface area (Å²) in [6.45, 7) is 3.05. The number of nitrogens with zero attached hydrogens (tertiary/aromatic N) is 1. The maximum atomic E-state index is 9.88. The van der Waals surface area contributed by atoms with Crippen LogP contribution in [-0.2, 0) is 6.54 Å². The Morgan fingerprint density at radius 1 is 1.24 bits per heavy atom. The number of nitrogens with one attached hydrogen (secondary N) is 1. The monoisotopic (exact) mass is 236 g/mol. The van der Waals surface area contributed by atoms with Crippen molar-refractivity contribution < 1.29 is 10.2 Å². The average molecular weight is 236 g/mol. The lowest BCUT2D eigenvalue weighted by Crippen LogP contribution is -2.40. The van der Waals surface area contributed by atoms with Crippen molar-refractivity contribution >= 4 is 0 Å². The zero-order valence-electron chi connectivity index (χ0n) is 9.92. The number of likely N-dealkylation sites (tertiary alicyclic amines) is 1. The van der Waals surface area contributed by atoms with Crippen LogP contribution in [0, 0.1) is 0 Å². The van der Waals surface area contributed by atoms with E-state index in [2.05, 4.69) is 22.3 Å². The highest BCUT2D eigenvalue weighted by molar-refractivity contribution is 5.14. The Hall–Kier alpha value is -0.940. The van der Waals surface area contributed by atoms with Crippen LogP contribution in [0.1, 0.15) is 5.56 Å². The first-order valence-corrected chi connectivity index (χ1v) is 6.08. The topological polar surface area (TPSA) is 55.7 Å². The molecule has 4 heteroatoms. The Balaban J connectivity index is 1.84. The molecule has 0 unspecified atom stereocenters. The molecule has 1 aliphatic rings. The minimum absolute atomic E-state index is 0.0749. The third kappa shape index (κ3) is 3.51. The Bertz CT molecular complexity index is 331. The summed E-state index contributed by atoms with van der Waals surface area (Å²) in [5.41, 5.74) is 1.27. The normalized spacial score (nSPS) is 25.3. The standard InChI is InChI=1S/C13H20N2O2/c16-7-6-14-12-9-15(10-13(12)17)8-11-4-2-1-3-5-11/h1-5,12-14,16-17H,6-10H2/t12-,13-/m0/s1. The highest BCUT2D eigenvalue weighted by atomic mass is 16.3. The summed E-state index contributed by atoms with van der Waals surface area (Å²) in [5, 5.41) is 21.8. The first-order valence-electron chi connectivity index (χ1n) is 6.08.